The van der Waals surface area contributed by atoms with Gasteiger partial charge in [0.25, 0.3) is 0 Å². The van der Waals surface area contributed by atoms with Crippen molar-refractivity contribution < 1.29 is 22.3 Å². The number of rotatable bonds is 5. The maximum atomic E-state index is 12.7. The lowest BCUT2D eigenvalue weighted by atomic mass is 10.3. The largest absolute Gasteiger partial charge is 0.492 e. The molecule has 1 heterocycles. The van der Waals surface area contributed by atoms with Crippen molar-refractivity contribution in [2.75, 3.05) is 32.1 Å². The molecule has 1 fully saturated rings. The van der Waals surface area contributed by atoms with Crippen LogP contribution in [0.1, 0.15) is 6.92 Å². The van der Waals surface area contributed by atoms with Crippen LogP contribution < -0.4 is 4.74 Å². The minimum absolute atomic E-state index is 0.0414. The molecule has 0 saturated carbocycles. The number of benzene rings is 1. The summed E-state index contributed by atoms with van der Waals surface area (Å²) in [5.74, 6) is 0.00103. The highest BCUT2D eigenvalue weighted by Gasteiger charge is 2.27. The Balaban J connectivity index is 1.84. The lowest BCUT2D eigenvalue weighted by Gasteiger charge is -2.30. The van der Waals surface area contributed by atoms with E-state index < -0.39 is 10.0 Å². The fraction of sp³-hybridized carbons (Fsp3) is 0.538. The molecule has 0 amide bonds. The van der Waals surface area contributed by atoms with E-state index in [1.54, 1.807) is 0 Å². The van der Waals surface area contributed by atoms with Crippen LogP contribution in [0.4, 0.5) is 4.39 Å². The van der Waals surface area contributed by atoms with Crippen LogP contribution in [0.25, 0.3) is 0 Å². The summed E-state index contributed by atoms with van der Waals surface area (Å²) in [4.78, 5) is 0. The van der Waals surface area contributed by atoms with Gasteiger partial charge in [0.2, 0.25) is 10.0 Å². The lowest BCUT2D eigenvalue weighted by Crippen LogP contribution is -2.45. The van der Waals surface area contributed by atoms with E-state index >= 15 is 0 Å². The minimum atomic E-state index is -3.34. The van der Waals surface area contributed by atoms with Crippen LogP contribution in [0.15, 0.2) is 24.3 Å². The summed E-state index contributed by atoms with van der Waals surface area (Å²) in [6.45, 7) is 3.05. The Morgan fingerprint density at radius 3 is 2.75 bits per heavy atom. The van der Waals surface area contributed by atoms with E-state index in [0.29, 0.717) is 25.4 Å². The van der Waals surface area contributed by atoms with Crippen molar-refractivity contribution in [2.45, 2.75) is 13.0 Å². The van der Waals surface area contributed by atoms with Gasteiger partial charge in [0.1, 0.15) is 18.2 Å². The van der Waals surface area contributed by atoms with Gasteiger partial charge in [0.05, 0.1) is 18.5 Å². The minimum Gasteiger partial charge on any atom is -0.492 e. The van der Waals surface area contributed by atoms with E-state index in [-0.39, 0.29) is 24.3 Å². The number of hydrogen-bond donors (Lipinski definition) is 0. The maximum Gasteiger partial charge on any atom is 0.217 e. The Morgan fingerprint density at radius 2 is 2.10 bits per heavy atom. The van der Waals surface area contributed by atoms with Crippen LogP contribution in [-0.4, -0.2) is 50.9 Å². The Hall–Kier alpha value is -1.18. The van der Waals surface area contributed by atoms with Crippen molar-refractivity contribution in [3.05, 3.63) is 30.1 Å². The molecule has 1 aliphatic rings. The first-order valence-corrected chi connectivity index (χ1v) is 8.06. The van der Waals surface area contributed by atoms with Crippen molar-refractivity contribution in [3.8, 4) is 5.75 Å². The molecular weight excluding hydrogens is 285 g/mol. The molecule has 0 aromatic heterocycles. The molecule has 0 aliphatic carbocycles. The predicted octanol–water partition coefficient (Wildman–Crippen LogP) is 1.25. The SMILES string of the molecule is CC1CN(S(=O)(=O)CCOc2ccc(F)cc2)CCO1. The Morgan fingerprint density at radius 1 is 1.40 bits per heavy atom. The van der Waals surface area contributed by atoms with E-state index in [4.69, 9.17) is 9.47 Å². The molecule has 0 N–H and O–H groups in total. The van der Waals surface area contributed by atoms with Crippen molar-refractivity contribution in [3.63, 3.8) is 0 Å². The molecule has 1 aliphatic heterocycles. The molecule has 7 heteroatoms. The van der Waals surface area contributed by atoms with Crippen LogP contribution >= 0.6 is 0 Å². The molecule has 5 nitrogen and oxygen atoms in total. The van der Waals surface area contributed by atoms with E-state index in [9.17, 15) is 12.8 Å². The number of ether oxygens (including phenoxy) is 2. The molecule has 0 bridgehead atoms. The number of hydrogen-bond acceptors (Lipinski definition) is 4. The molecule has 20 heavy (non-hydrogen) atoms. The fourth-order valence-electron chi connectivity index (χ4n) is 1.96. The van der Waals surface area contributed by atoms with Gasteiger partial charge in [-0.3, -0.25) is 0 Å². The molecular formula is C13H18FNO4S. The van der Waals surface area contributed by atoms with Crippen molar-refractivity contribution in [1.82, 2.24) is 4.31 Å². The Labute approximate surface area is 118 Å². The average molecular weight is 303 g/mol. The van der Waals surface area contributed by atoms with E-state index in [0.717, 1.165) is 0 Å². The molecule has 0 radical (unpaired) electrons. The second kappa shape index (κ2) is 6.51. The Bertz CT molecular complexity index is 532. The third kappa shape index (κ3) is 4.16. The molecule has 0 spiro atoms. The predicted molar refractivity (Wildman–Crippen MR) is 72.7 cm³/mol. The molecule has 1 unspecified atom stereocenters. The van der Waals surface area contributed by atoms with Gasteiger partial charge < -0.3 is 9.47 Å². The van der Waals surface area contributed by atoms with Crippen LogP contribution in [-0.2, 0) is 14.8 Å². The van der Waals surface area contributed by atoms with Crippen LogP contribution in [0.2, 0.25) is 0 Å². The molecule has 1 aromatic rings. The first-order chi connectivity index (χ1) is 9.47. The third-order valence-electron chi connectivity index (χ3n) is 3.02. The highest BCUT2D eigenvalue weighted by molar-refractivity contribution is 7.89. The zero-order valence-corrected chi connectivity index (χ0v) is 12.1. The molecule has 112 valence electrons. The first kappa shape index (κ1) is 15.2. The van der Waals surface area contributed by atoms with Crippen LogP contribution in [0.5, 0.6) is 5.75 Å². The van der Waals surface area contributed by atoms with Gasteiger partial charge in [-0.05, 0) is 31.2 Å². The van der Waals surface area contributed by atoms with Crippen LogP contribution in [0.3, 0.4) is 0 Å². The number of nitrogens with zero attached hydrogens (tertiary/aromatic N) is 1. The molecule has 1 saturated heterocycles. The second-order valence-electron chi connectivity index (χ2n) is 4.66. The second-order valence-corrected chi connectivity index (χ2v) is 6.75. The summed E-state index contributed by atoms with van der Waals surface area (Å²) in [6, 6.07) is 5.48. The van der Waals surface area contributed by atoms with E-state index in [1.165, 1.54) is 28.6 Å². The van der Waals surface area contributed by atoms with Gasteiger partial charge in [-0.25, -0.2) is 12.8 Å². The number of morpholine rings is 1. The topological polar surface area (TPSA) is 55.8 Å². The van der Waals surface area contributed by atoms with Gasteiger partial charge in [0.15, 0.2) is 0 Å². The van der Waals surface area contributed by atoms with Gasteiger partial charge in [-0.1, -0.05) is 0 Å². The summed E-state index contributed by atoms with van der Waals surface area (Å²) in [5.41, 5.74) is 0. The van der Waals surface area contributed by atoms with E-state index in [1.807, 2.05) is 6.92 Å². The highest BCUT2D eigenvalue weighted by atomic mass is 32.2. The fourth-order valence-corrected chi connectivity index (χ4v) is 3.31. The zero-order valence-electron chi connectivity index (χ0n) is 11.3. The van der Waals surface area contributed by atoms with E-state index in [2.05, 4.69) is 0 Å². The molecule has 2 rings (SSSR count). The number of sulfonamides is 1. The first-order valence-electron chi connectivity index (χ1n) is 6.45. The Kier molecular flexibility index (Phi) is 4.95. The normalized spacial score (nSPS) is 20.8. The summed E-state index contributed by atoms with van der Waals surface area (Å²) in [7, 11) is -3.34. The highest BCUT2D eigenvalue weighted by Crippen LogP contribution is 2.13. The lowest BCUT2D eigenvalue weighted by molar-refractivity contribution is 0.0101. The van der Waals surface area contributed by atoms with Crippen molar-refractivity contribution in [2.24, 2.45) is 0 Å². The summed E-state index contributed by atoms with van der Waals surface area (Å²) in [6.07, 6.45) is -0.0865. The average Bonchev–Trinajstić information content (AvgIpc) is 2.41. The van der Waals surface area contributed by atoms with Gasteiger partial charge in [-0.15, -0.1) is 0 Å². The zero-order chi connectivity index (χ0) is 14.6. The third-order valence-corrected chi connectivity index (χ3v) is 4.82. The monoisotopic (exact) mass is 303 g/mol. The summed E-state index contributed by atoms with van der Waals surface area (Å²) in [5, 5.41) is 0. The quantitative estimate of drug-likeness (QED) is 0.821. The van der Waals surface area contributed by atoms with Gasteiger partial charge in [-0.2, -0.15) is 4.31 Å². The molecule has 1 aromatic carbocycles. The van der Waals surface area contributed by atoms with Gasteiger partial charge in [0, 0.05) is 13.1 Å². The summed E-state index contributed by atoms with van der Waals surface area (Å²) < 4.78 is 49.0. The molecule has 1 atom stereocenters. The standard InChI is InChI=1S/C13H18FNO4S/c1-11-10-15(6-7-18-11)20(16,17)9-8-19-13-4-2-12(14)3-5-13/h2-5,11H,6-10H2,1H3. The van der Waals surface area contributed by atoms with Crippen molar-refractivity contribution >= 4 is 10.0 Å². The summed E-state index contributed by atoms with van der Waals surface area (Å²) >= 11 is 0. The van der Waals surface area contributed by atoms with Gasteiger partial charge >= 0.3 is 0 Å². The maximum absolute atomic E-state index is 12.7. The smallest absolute Gasteiger partial charge is 0.217 e. The van der Waals surface area contributed by atoms with Crippen LogP contribution in [0, 0.1) is 5.82 Å². The van der Waals surface area contributed by atoms with Crippen molar-refractivity contribution in [1.29, 1.82) is 0 Å². The number of halogens is 1.